The van der Waals surface area contributed by atoms with Gasteiger partial charge in [0.15, 0.2) is 0 Å². The Hall–Kier alpha value is -5.34. The minimum atomic E-state index is -2.14. The van der Waals surface area contributed by atoms with Crippen molar-refractivity contribution in [2.24, 2.45) is 5.73 Å². The molecular formula is C20H27N5O16. The Balaban J connectivity index is 5.93. The molecule has 0 heterocycles. The molecule has 0 aromatic heterocycles. The number of carboxylic acid groups (broad SMARTS) is 6. The number of carbonyl (C=O) groups is 10. The van der Waals surface area contributed by atoms with Gasteiger partial charge in [0.2, 0.25) is 23.6 Å². The second kappa shape index (κ2) is 16.6. The minimum absolute atomic E-state index is 0.917. The zero-order valence-electron chi connectivity index (χ0n) is 20.8. The number of rotatable bonds is 19. The second-order valence-corrected chi connectivity index (χ2v) is 8.18. The third-order valence-electron chi connectivity index (χ3n) is 4.76. The molecule has 0 rings (SSSR count). The van der Waals surface area contributed by atoms with Crippen molar-refractivity contribution in [1.29, 1.82) is 0 Å². The number of nitrogens with one attached hydrogen (secondary N) is 4. The van der Waals surface area contributed by atoms with Gasteiger partial charge in [-0.1, -0.05) is 0 Å². The van der Waals surface area contributed by atoms with E-state index >= 15 is 0 Å². The quantitative estimate of drug-likeness (QED) is 0.0665. The standard InChI is InChI=1S/C20H27N5O16/c21-6(1-11(26)27)16(36)22-7(2-12(28)29)17(37)23-8(3-13(30)31)18(38)24-9(4-14(32)33)19(39)25-10(20(40)41)5-15(34)35/h6-10H,1-5,21H2,(H,22,36)(H,23,37)(H,24,38)(H,25,39)(H,26,27)(H,28,29)(H,30,31)(H,32,33)(H,34,35)(H,40,41). The van der Waals surface area contributed by atoms with Crippen LogP contribution in [0.25, 0.3) is 0 Å². The molecule has 0 aromatic carbocycles. The maximum atomic E-state index is 12.7. The van der Waals surface area contributed by atoms with Crippen molar-refractivity contribution in [1.82, 2.24) is 21.3 Å². The van der Waals surface area contributed by atoms with Gasteiger partial charge in [0, 0.05) is 0 Å². The van der Waals surface area contributed by atoms with Crippen molar-refractivity contribution < 1.29 is 78.6 Å². The lowest BCUT2D eigenvalue weighted by Crippen LogP contribution is -2.59. The van der Waals surface area contributed by atoms with E-state index in [-0.39, 0.29) is 0 Å². The molecule has 228 valence electrons. The third-order valence-corrected chi connectivity index (χ3v) is 4.76. The summed E-state index contributed by atoms with van der Waals surface area (Å²) in [4.78, 5) is 116. The summed E-state index contributed by atoms with van der Waals surface area (Å²) in [5.74, 6) is -15.9. The topological polar surface area (TPSA) is 366 Å². The fraction of sp³-hybridized carbons (Fsp3) is 0.500. The van der Waals surface area contributed by atoms with Crippen molar-refractivity contribution in [3.05, 3.63) is 0 Å². The van der Waals surface area contributed by atoms with Crippen LogP contribution < -0.4 is 27.0 Å². The van der Waals surface area contributed by atoms with Crippen LogP contribution in [0.5, 0.6) is 0 Å². The fourth-order valence-corrected chi connectivity index (χ4v) is 2.90. The number of hydrogen-bond acceptors (Lipinski definition) is 11. The maximum absolute atomic E-state index is 12.7. The summed E-state index contributed by atoms with van der Waals surface area (Å²) < 4.78 is 0. The first-order valence-electron chi connectivity index (χ1n) is 11.1. The SMILES string of the molecule is NC(CC(=O)O)C(=O)NC(CC(=O)O)C(=O)NC(CC(=O)O)C(=O)NC(CC(=O)O)C(=O)NC(CC(=O)O)C(=O)O. The molecule has 21 heteroatoms. The molecule has 4 amide bonds. The monoisotopic (exact) mass is 593 g/mol. The fourth-order valence-electron chi connectivity index (χ4n) is 2.90. The molecule has 0 bridgehead atoms. The molecule has 0 aliphatic carbocycles. The lowest BCUT2D eigenvalue weighted by molar-refractivity contribution is -0.148. The molecule has 0 fully saturated rings. The van der Waals surface area contributed by atoms with Gasteiger partial charge in [-0.2, -0.15) is 0 Å². The summed E-state index contributed by atoms with van der Waals surface area (Å²) in [5.41, 5.74) is 5.35. The summed E-state index contributed by atoms with van der Waals surface area (Å²) in [6.45, 7) is 0. The van der Waals surface area contributed by atoms with Gasteiger partial charge in [-0.3, -0.25) is 43.2 Å². The van der Waals surface area contributed by atoms with Gasteiger partial charge >= 0.3 is 35.8 Å². The normalized spacial score (nSPS) is 14.1. The van der Waals surface area contributed by atoms with Gasteiger partial charge in [0.25, 0.3) is 0 Å². The van der Waals surface area contributed by atoms with Gasteiger partial charge in [0.05, 0.1) is 38.1 Å². The molecule has 12 N–H and O–H groups in total. The molecular weight excluding hydrogens is 566 g/mol. The largest absolute Gasteiger partial charge is 0.481 e. The zero-order valence-corrected chi connectivity index (χ0v) is 20.8. The summed E-state index contributed by atoms with van der Waals surface area (Å²) in [6, 6.07) is -10.1. The average molecular weight is 593 g/mol. The summed E-state index contributed by atoms with van der Waals surface area (Å²) in [7, 11) is 0. The Kier molecular flexibility index (Phi) is 14.4. The Morgan fingerprint density at radius 2 is 0.659 bits per heavy atom. The van der Waals surface area contributed by atoms with E-state index in [0.717, 1.165) is 0 Å². The van der Waals surface area contributed by atoms with Crippen molar-refractivity contribution in [3.63, 3.8) is 0 Å². The molecule has 21 nitrogen and oxygen atoms in total. The molecule has 5 unspecified atom stereocenters. The highest BCUT2D eigenvalue weighted by atomic mass is 16.4. The van der Waals surface area contributed by atoms with Crippen LogP contribution in [0.1, 0.15) is 32.1 Å². The molecule has 0 aliphatic rings. The van der Waals surface area contributed by atoms with Gasteiger partial charge < -0.3 is 57.6 Å². The average Bonchev–Trinajstić information content (AvgIpc) is 2.80. The van der Waals surface area contributed by atoms with Crippen LogP contribution in [0.4, 0.5) is 0 Å². The summed E-state index contributed by atoms with van der Waals surface area (Å²) >= 11 is 0. The first-order chi connectivity index (χ1) is 18.8. The molecule has 0 aromatic rings. The lowest BCUT2D eigenvalue weighted by Gasteiger charge is -2.24. The molecule has 0 radical (unpaired) electrons. The smallest absolute Gasteiger partial charge is 0.326 e. The molecule has 41 heavy (non-hydrogen) atoms. The Morgan fingerprint density at radius 3 is 0.927 bits per heavy atom. The highest BCUT2D eigenvalue weighted by molar-refractivity contribution is 5.99. The van der Waals surface area contributed by atoms with E-state index in [1.54, 1.807) is 16.0 Å². The number of hydrogen-bond donors (Lipinski definition) is 11. The first-order valence-corrected chi connectivity index (χ1v) is 11.1. The predicted molar refractivity (Wildman–Crippen MR) is 125 cm³/mol. The maximum Gasteiger partial charge on any atom is 0.326 e. The van der Waals surface area contributed by atoms with E-state index in [9.17, 15) is 47.9 Å². The molecule has 0 saturated carbocycles. The van der Waals surface area contributed by atoms with Crippen LogP contribution in [0.3, 0.4) is 0 Å². The van der Waals surface area contributed by atoms with Crippen molar-refractivity contribution in [2.45, 2.75) is 62.3 Å². The van der Waals surface area contributed by atoms with Crippen LogP contribution in [0.15, 0.2) is 0 Å². The molecule has 5 atom stereocenters. The van der Waals surface area contributed by atoms with Crippen LogP contribution >= 0.6 is 0 Å². The van der Waals surface area contributed by atoms with Gasteiger partial charge in [-0.05, 0) is 0 Å². The van der Waals surface area contributed by atoms with Crippen LogP contribution in [0, 0.1) is 0 Å². The van der Waals surface area contributed by atoms with Crippen LogP contribution in [0.2, 0.25) is 0 Å². The van der Waals surface area contributed by atoms with Crippen molar-refractivity contribution >= 4 is 59.4 Å². The molecule has 0 spiro atoms. The summed E-state index contributed by atoms with van der Waals surface area (Å²) in [5, 5.41) is 60.9. The minimum Gasteiger partial charge on any atom is -0.481 e. The van der Waals surface area contributed by atoms with E-state index in [0.29, 0.717) is 0 Å². The van der Waals surface area contributed by atoms with E-state index in [2.05, 4.69) is 0 Å². The third kappa shape index (κ3) is 14.4. The second-order valence-electron chi connectivity index (χ2n) is 8.18. The van der Waals surface area contributed by atoms with Crippen molar-refractivity contribution in [3.8, 4) is 0 Å². The van der Waals surface area contributed by atoms with E-state index < -0.39 is 122 Å². The Morgan fingerprint density at radius 1 is 0.415 bits per heavy atom. The summed E-state index contributed by atoms with van der Waals surface area (Å²) in [6.07, 6.45) is -5.66. The Bertz CT molecular complexity index is 1090. The first kappa shape index (κ1) is 35.7. The Labute approximate surface area is 228 Å². The highest BCUT2D eigenvalue weighted by Gasteiger charge is 2.34. The molecule has 0 saturated heterocycles. The lowest BCUT2D eigenvalue weighted by atomic mass is 10.1. The number of carboxylic acids is 6. The van der Waals surface area contributed by atoms with Crippen molar-refractivity contribution in [2.75, 3.05) is 0 Å². The van der Waals surface area contributed by atoms with E-state index in [4.69, 9.17) is 36.4 Å². The zero-order chi connectivity index (χ0) is 32.0. The number of nitrogens with two attached hydrogens (primary N) is 1. The molecule has 0 aliphatic heterocycles. The van der Waals surface area contributed by atoms with E-state index in [1.807, 2.05) is 5.32 Å². The number of carbonyl (C=O) groups excluding carboxylic acids is 4. The predicted octanol–water partition coefficient (Wildman–Crippen LogP) is -5.29. The van der Waals surface area contributed by atoms with Gasteiger partial charge in [-0.15, -0.1) is 0 Å². The number of amides is 4. The number of aliphatic carboxylic acids is 6. The van der Waals surface area contributed by atoms with Crippen LogP contribution in [-0.2, 0) is 47.9 Å². The van der Waals surface area contributed by atoms with Gasteiger partial charge in [-0.25, -0.2) is 4.79 Å². The van der Waals surface area contributed by atoms with Gasteiger partial charge in [0.1, 0.15) is 24.2 Å². The highest BCUT2D eigenvalue weighted by Crippen LogP contribution is 2.03. The van der Waals surface area contributed by atoms with Crippen LogP contribution in [-0.4, -0.2) is 120 Å². The van der Waals surface area contributed by atoms with E-state index in [1.165, 1.54) is 0 Å².